The van der Waals surface area contributed by atoms with Crippen molar-refractivity contribution in [2.24, 2.45) is 0 Å². The van der Waals surface area contributed by atoms with Gasteiger partial charge >= 0.3 is 0 Å². The Bertz CT molecular complexity index is 481. The number of hydrogen-bond acceptors (Lipinski definition) is 3. The topological polar surface area (TPSA) is 45.4 Å². The summed E-state index contributed by atoms with van der Waals surface area (Å²) in [6.45, 7) is 2.62. The zero-order valence-electron chi connectivity index (χ0n) is 10.8. The van der Waals surface area contributed by atoms with E-state index in [0.29, 0.717) is 13.0 Å². The molecule has 2 aromatic rings. The van der Waals surface area contributed by atoms with E-state index in [9.17, 15) is 9.50 Å². The second-order valence-corrected chi connectivity index (χ2v) is 4.66. The first kappa shape index (κ1) is 13.8. The molecule has 0 saturated heterocycles. The van der Waals surface area contributed by atoms with E-state index in [1.165, 1.54) is 12.1 Å². The van der Waals surface area contributed by atoms with Gasteiger partial charge in [-0.2, -0.15) is 0 Å². The van der Waals surface area contributed by atoms with Crippen LogP contribution in [0.15, 0.2) is 47.1 Å². The lowest BCUT2D eigenvalue weighted by atomic mass is 10.0. The minimum absolute atomic E-state index is 0.130. The molecule has 0 saturated carbocycles. The minimum atomic E-state index is -0.597. The highest BCUT2D eigenvalue weighted by atomic mass is 19.1. The second-order valence-electron chi connectivity index (χ2n) is 4.66. The Morgan fingerprint density at radius 1 is 1.26 bits per heavy atom. The van der Waals surface area contributed by atoms with Gasteiger partial charge in [0.2, 0.25) is 0 Å². The molecule has 1 heterocycles. The summed E-state index contributed by atoms with van der Waals surface area (Å²) in [5, 5.41) is 13.3. The molecule has 0 aliphatic heterocycles. The number of nitrogens with one attached hydrogen (secondary N) is 1. The third-order valence-electron chi connectivity index (χ3n) is 3.04. The third-order valence-corrected chi connectivity index (χ3v) is 3.04. The van der Waals surface area contributed by atoms with Gasteiger partial charge in [0.1, 0.15) is 11.6 Å². The minimum Gasteiger partial charge on any atom is -0.468 e. The van der Waals surface area contributed by atoms with Gasteiger partial charge in [0, 0.05) is 6.04 Å². The van der Waals surface area contributed by atoms with Gasteiger partial charge in [-0.25, -0.2) is 4.39 Å². The van der Waals surface area contributed by atoms with Crippen LogP contribution in [0.1, 0.15) is 30.8 Å². The first-order chi connectivity index (χ1) is 9.15. The number of furan rings is 1. The Kier molecular flexibility index (Phi) is 4.71. The molecule has 0 spiro atoms. The van der Waals surface area contributed by atoms with Gasteiger partial charge < -0.3 is 14.8 Å². The van der Waals surface area contributed by atoms with Gasteiger partial charge in [-0.15, -0.1) is 0 Å². The first-order valence-electron chi connectivity index (χ1n) is 6.34. The molecule has 0 radical (unpaired) electrons. The van der Waals surface area contributed by atoms with E-state index in [1.54, 1.807) is 18.4 Å². The number of aliphatic hydroxyl groups excluding tert-OH is 1. The normalized spacial score (nSPS) is 14.3. The van der Waals surface area contributed by atoms with Crippen LogP contribution in [0, 0.1) is 5.82 Å². The molecule has 0 bridgehead atoms. The number of aliphatic hydroxyl groups is 1. The zero-order valence-corrected chi connectivity index (χ0v) is 10.8. The quantitative estimate of drug-likeness (QED) is 0.842. The molecular weight excluding hydrogens is 245 g/mol. The monoisotopic (exact) mass is 263 g/mol. The summed E-state index contributed by atoms with van der Waals surface area (Å²) in [6, 6.07) is 9.81. The van der Waals surface area contributed by atoms with Crippen molar-refractivity contribution in [3.63, 3.8) is 0 Å². The molecule has 0 fully saturated rings. The van der Waals surface area contributed by atoms with Crippen LogP contribution in [0.2, 0.25) is 0 Å². The fourth-order valence-corrected chi connectivity index (χ4v) is 1.93. The zero-order chi connectivity index (χ0) is 13.7. The molecule has 2 unspecified atom stereocenters. The average Bonchev–Trinajstić information content (AvgIpc) is 2.90. The summed E-state index contributed by atoms with van der Waals surface area (Å²) in [6.07, 6.45) is 1.60. The van der Waals surface area contributed by atoms with Crippen molar-refractivity contribution in [1.29, 1.82) is 0 Å². The van der Waals surface area contributed by atoms with E-state index >= 15 is 0 Å². The summed E-state index contributed by atoms with van der Waals surface area (Å²) in [7, 11) is 0. The summed E-state index contributed by atoms with van der Waals surface area (Å²) >= 11 is 0. The van der Waals surface area contributed by atoms with E-state index < -0.39 is 6.10 Å². The predicted molar refractivity (Wildman–Crippen MR) is 71.0 cm³/mol. The number of hydrogen-bond donors (Lipinski definition) is 2. The Hall–Kier alpha value is -1.65. The molecule has 2 N–H and O–H groups in total. The molecule has 0 aliphatic rings. The highest BCUT2D eigenvalue weighted by Gasteiger charge is 2.12. The van der Waals surface area contributed by atoms with E-state index in [-0.39, 0.29) is 11.9 Å². The summed E-state index contributed by atoms with van der Waals surface area (Å²) in [5.74, 6) is 0.572. The second kappa shape index (κ2) is 6.50. The number of benzene rings is 1. The van der Waals surface area contributed by atoms with Crippen molar-refractivity contribution >= 4 is 0 Å². The smallest absolute Gasteiger partial charge is 0.123 e. The number of halogens is 1. The molecule has 1 aromatic carbocycles. The first-order valence-corrected chi connectivity index (χ1v) is 6.34. The third kappa shape index (κ3) is 4.19. The summed E-state index contributed by atoms with van der Waals surface area (Å²) in [4.78, 5) is 0. The number of rotatable bonds is 6. The molecule has 4 heteroatoms. The maximum absolute atomic E-state index is 12.8. The molecule has 2 rings (SSSR count). The largest absolute Gasteiger partial charge is 0.468 e. The molecule has 0 amide bonds. The molecule has 19 heavy (non-hydrogen) atoms. The molecule has 3 nitrogen and oxygen atoms in total. The van der Waals surface area contributed by atoms with Crippen molar-refractivity contribution in [2.45, 2.75) is 32.0 Å². The molecular formula is C15H18FNO2. The highest BCUT2D eigenvalue weighted by Crippen LogP contribution is 2.18. The Labute approximate surface area is 112 Å². The van der Waals surface area contributed by atoms with Gasteiger partial charge in [0.15, 0.2) is 0 Å². The fourth-order valence-electron chi connectivity index (χ4n) is 1.93. The van der Waals surface area contributed by atoms with E-state index in [1.807, 2.05) is 19.1 Å². The van der Waals surface area contributed by atoms with E-state index in [4.69, 9.17) is 4.42 Å². The maximum atomic E-state index is 12.8. The summed E-state index contributed by atoms with van der Waals surface area (Å²) < 4.78 is 18.0. The fraction of sp³-hybridized carbons (Fsp3) is 0.333. The Balaban J connectivity index is 1.81. The molecule has 1 aromatic heterocycles. The lowest BCUT2D eigenvalue weighted by Gasteiger charge is -2.17. The van der Waals surface area contributed by atoms with Crippen molar-refractivity contribution in [3.05, 3.63) is 59.8 Å². The van der Waals surface area contributed by atoms with Gasteiger partial charge in [-0.3, -0.25) is 0 Å². The SMILES string of the molecule is CC(CC(O)c1ccc(F)cc1)NCc1ccco1. The molecule has 2 atom stereocenters. The molecule has 0 aliphatic carbocycles. The average molecular weight is 263 g/mol. The maximum Gasteiger partial charge on any atom is 0.123 e. The standard InChI is InChI=1S/C15H18FNO2/c1-11(17-10-14-3-2-8-19-14)9-15(18)12-4-6-13(16)7-5-12/h2-8,11,15,17-18H,9-10H2,1H3. The Morgan fingerprint density at radius 2 is 2.00 bits per heavy atom. The van der Waals surface area contributed by atoms with Crippen molar-refractivity contribution < 1.29 is 13.9 Å². The molecule has 102 valence electrons. The lowest BCUT2D eigenvalue weighted by molar-refractivity contribution is 0.153. The highest BCUT2D eigenvalue weighted by molar-refractivity contribution is 5.18. The van der Waals surface area contributed by atoms with Crippen LogP contribution in [0.3, 0.4) is 0 Å². The van der Waals surface area contributed by atoms with Gasteiger partial charge in [0.05, 0.1) is 18.9 Å². The lowest BCUT2D eigenvalue weighted by Crippen LogP contribution is -2.27. The summed E-state index contributed by atoms with van der Waals surface area (Å²) in [5.41, 5.74) is 0.730. The van der Waals surface area contributed by atoms with Crippen LogP contribution in [0.5, 0.6) is 0 Å². The van der Waals surface area contributed by atoms with Gasteiger partial charge in [0.25, 0.3) is 0 Å². The van der Waals surface area contributed by atoms with Crippen LogP contribution in [-0.2, 0) is 6.54 Å². The van der Waals surface area contributed by atoms with Crippen LogP contribution in [-0.4, -0.2) is 11.1 Å². The van der Waals surface area contributed by atoms with Crippen molar-refractivity contribution in [1.82, 2.24) is 5.32 Å². The van der Waals surface area contributed by atoms with Crippen molar-refractivity contribution in [3.8, 4) is 0 Å². The Morgan fingerprint density at radius 3 is 2.63 bits per heavy atom. The van der Waals surface area contributed by atoms with Gasteiger partial charge in [-0.1, -0.05) is 12.1 Å². The van der Waals surface area contributed by atoms with Crippen molar-refractivity contribution in [2.75, 3.05) is 0 Å². The van der Waals surface area contributed by atoms with Crippen LogP contribution >= 0.6 is 0 Å². The van der Waals surface area contributed by atoms with Crippen LogP contribution < -0.4 is 5.32 Å². The van der Waals surface area contributed by atoms with Crippen LogP contribution in [0.4, 0.5) is 4.39 Å². The van der Waals surface area contributed by atoms with Gasteiger partial charge in [-0.05, 0) is 43.2 Å². The van der Waals surface area contributed by atoms with E-state index in [0.717, 1.165) is 11.3 Å². The van der Waals surface area contributed by atoms with E-state index in [2.05, 4.69) is 5.32 Å². The van der Waals surface area contributed by atoms with Crippen LogP contribution in [0.25, 0.3) is 0 Å². The predicted octanol–water partition coefficient (Wildman–Crippen LogP) is 3.02.